The van der Waals surface area contributed by atoms with Gasteiger partial charge in [-0.1, -0.05) is 0 Å². The molecule has 1 aliphatic carbocycles. The zero-order valence-corrected chi connectivity index (χ0v) is 10.9. The maximum atomic E-state index is 12.0. The molecule has 4 nitrogen and oxygen atoms in total. The minimum absolute atomic E-state index is 0.324. The molecule has 1 unspecified atom stereocenters. The predicted molar refractivity (Wildman–Crippen MR) is 63.6 cm³/mol. The summed E-state index contributed by atoms with van der Waals surface area (Å²) in [6.07, 6.45) is 3.84. The molecule has 16 heavy (non-hydrogen) atoms. The lowest BCUT2D eigenvalue weighted by atomic mass is 9.91. The molecule has 92 valence electrons. The van der Waals surface area contributed by atoms with Gasteiger partial charge in [0.15, 0.2) is 6.79 Å². The Labute approximate surface area is 99.0 Å². The smallest absolute Gasteiger partial charge is 0.213 e. The standard InChI is InChI=1S/C11H19NO3S/c1-10(2,3)16(13)12-9-6-4-5-7-11(9)14-8-15-11/h4-8H2,1-3H3/b12-9+. The summed E-state index contributed by atoms with van der Waals surface area (Å²) in [6.45, 7) is 6.10. The van der Waals surface area contributed by atoms with Crippen LogP contribution in [0.4, 0.5) is 0 Å². The molecule has 1 atom stereocenters. The van der Waals surface area contributed by atoms with Crippen molar-refractivity contribution in [2.24, 2.45) is 4.40 Å². The van der Waals surface area contributed by atoms with E-state index in [0.29, 0.717) is 6.79 Å². The first-order valence-corrected chi connectivity index (χ1v) is 6.83. The quantitative estimate of drug-likeness (QED) is 0.711. The zero-order chi connectivity index (χ0) is 11.8. The maximum Gasteiger partial charge on any atom is 0.213 e. The third-order valence-corrected chi connectivity index (χ3v) is 4.34. The Hall–Kier alpha value is -0.260. The molecule has 0 aromatic carbocycles. The van der Waals surface area contributed by atoms with Gasteiger partial charge in [-0.15, -0.1) is 0 Å². The summed E-state index contributed by atoms with van der Waals surface area (Å²) in [4.78, 5) is 0. The Balaban J connectivity index is 2.18. The fraction of sp³-hybridized carbons (Fsp3) is 0.909. The number of nitrogens with zero attached hydrogens (tertiary/aromatic N) is 1. The van der Waals surface area contributed by atoms with E-state index >= 15 is 0 Å². The van der Waals surface area contributed by atoms with Crippen molar-refractivity contribution in [3.63, 3.8) is 0 Å². The van der Waals surface area contributed by atoms with Crippen molar-refractivity contribution in [3.05, 3.63) is 0 Å². The lowest BCUT2D eigenvalue weighted by Gasteiger charge is -2.44. The predicted octanol–water partition coefficient (Wildman–Crippen LogP) is 2.16. The van der Waals surface area contributed by atoms with Crippen LogP contribution < -0.4 is 0 Å². The van der Waals surface area contributed by atoms with Crippen molar-refractivity contribution in [3.8, 4) is 0 Å². The van der Waals surface area contributed by atoms with Gasteiger partial charge in [0.05, 0.1) is 10.5 Å². The molecule has 5 heteroatoms. The van der Waals surface area contributed by atoms with Crippen molar-refractivity contribution in [2.75, 3.05) is 6.79 Å². The summed E-state index contributed by atoms with van der Waals surface area (Å²) in [7, 11) is -1.22. The van der Waals surface area contributed by atoms with Gasteiger partial charge in [0.2, 0.25) is 5.79 Å². The Morgan fingerprint density at radius 3 is 2.50 bits per heavy atom. The van der Waals surface area contributed by atoms with E-state index in [0.717, 1.165) is 31.4 Å². The Morgan fingerprint density at radius 2 is 2.00 bits per heavy atom. The monoisotopic (exact) mass is 245 g/mol. The molecule has 1 spiro atoms. The van der Waals surface area contributed by atoms with Gasteiger partial charge < -0.3 is 9.47 Å². The second kappa shape index (κ2) is 4.20. The summed E-state index contributed by atoms with van der Waals surface area (Å²) in [5.41, 5.74) is 0.832. The van der Waals surface area contributed by atoms with Gasteiger partial charge in [0, 0.05) is 6.42 Å². The zero-order valence-electron chi connectivity index (χ0n) is 10.1. The van der Waals surface area contributed by atoms with Crippen LogP contribution in [-0.2, 0) is 20.5 Å². The van der Waals surface area contributed by atoms with Gasteiger partial charge in [-0.25, -0.2) is 4.21 Å². The van der Waals surface area contributed by atoms with Gasteiger partial charge in [-0.3, -0.25) is 0 Å². The minimum atomic E-state index is -1.22. The highest BCUT2D eigenvalue weighted by Gasteiger charge is 2.47. The highest BCUT2D eigenvalue weighted by Crippen LogP contribution is 2.37. The average molecular weight is 245 g/mol. The molecule has 1 heterocycles. The molecular weight excluding hydrogens is 226 g/mol. The lowest BCUT2D eigenvalue weighted by Crippen LogP contribution is -2.55. The molecule has 1 aliphatic heterocycles. The van der Waals surface area contributed by atoms with Crippen LogP contribution in [0.5, 0.6) is 0 Å². The molecule has 2 aliphatic rings. The van der Waals surface area contributed by atoms with Crippen molar-refractivity contribution in [1.82, 2.24) is 0 Å². The summed E-state index contributed by atoms with van der Waals surface area (Å²) in [5.74, 6) is -0.626. The van der Waals surface area contributed by atoms with Gasteiger partial charge >= 0.3 is 0 Å². The first-order valence-electron chi connectivity index (χ1n) is 5.72. The first-order chi connectivity index (χ1) is 7.44. The van der Waals surface area contributed by atoms with Crippen molar-refractivity contribution in [1.29, 1.82) is 0 Å². The average Bonchev–Trinajstić information content (AvgIpc) is 2.14. The molecule has 1 saturated carbocycles. The van der Waals surface area contributed by atoms with Crippen molar-refractivity contribution >= 4 is 16.7 Å². The Kier molecular flexibility index (Phi) is 3.20. The van der Waals surface area contributed by atoms with Crippen LogP contribution in [0.25, 0.3) is 0 Å². The third-order valence-electron chi connectivity index (χ3n) is 2.91. The van der Waals surface area contributed by atoms with Gasteiger partial charge in [-0.05, 0) is 40.0 Å². The molecule has 0 aromatic rings. The van der Waals surface area contributed by atoms with E-state index < -0.39 is 16.8 Å². The topological polar surface area (TPSA) is 47.9 Å². The van der Waals surface area contributed by atoms with Crippen molar-refractivity contribution < 1.29 is 13.7 Å². The second-order valence-corrected chi connectivity index (χ2v) is 7.17. The van der Waals surface area contributed by atoms with Crippen LogP contribution in [0.3, 0.4) is 0 Å². The summed E-state index contributed by atoms with van der Waals surface area (Å²) >= 11 is 0. The van der Waals surface area contributed by atoms with Crippen LogP contribution in [0.15, 0.2) is 4.40 Å². The number of hydrogen-bond acceptors (Lipinski definition) is 3. The number of rotatable bonds is 1. The SMILES string of the molecule is CC(C)(C)S(=O)/N=C1\CCCCC12OCO2. The first kappa shape index (κ1) is 12.2. The fourth-order valence-corrected chi connectivity index (χ4v) is 2.55. The number of ether oxygens (including phenoxy) is 2. The van der Waals surface area contributed by atoms with Crippen LogP contribution in [-0.4, -0.2) is 27.2 Å². The maximum absolute atomic E-state index is 12.0. The van der Waals surface area contributed by atoms with E-state index in [4.69, 9.17) is 9.47 Å². The van der Waals surface area contributed by atoms with E-state index in [1.54, 1.807) is 0 Å². The normalized spacial score (nSPS) is 29.1. The molecule has 0 amide bonds. The summed E-state index contributed by atoms with van der Waals surface area (Å²) in [5, 5.41) is 0. The molecule has 1 saturated heterocycles. The highest BCUT2D eigenvalue weighted by atomic mass is 32.2. The molecule has 2 fully saturated rings. The van der Waals surface area contributed by atoms with Gasteiger partial charge in [0.25, 0.3) is 0 Å². The second-order valence-electron chi connectivity index (χ2n) is 5.27. The van der Waals surface area contributed by atoms with E-state index in [1.165, 1.54) is 0 Å². The van der Waals surface area contributed by atoms with E-state index in [1.807, 2.05) is 20.8 Å². The van der Waals surface area contributed by atoms with E-state index in [-0.39, 0.29) is 4.75 Å². The molecule has 2 rings (SSSR count). The highest BCUT2D eigenvalue weighted by molar-refractivity contribution is 7.85. The van der Waals surface area contributed by atoms with Crippen LogP contribution in [0.1, 0.15) is 46.5 Å². The van der Waals surface area contributed by atoms with Crippen LogP contribution in [0.2, 0.25) is 0 Å². The minimum Gasteiger partial charge on any atom is -0.318 e. The molecule has 0 N–H and O–H groups in total. The summed E-state index contributed by atoms with van der Waals surface area (Å²) in [6, 6.07) is 0. The van der Waals surface area contributed by atoms with Gasteiger partial charge in [-0.2, -0.15) is 4.40 Å². The Morgan fingerprint density at radius 1 is 1.31 bits per heavy atom. The molecular formula is C11H19NO3S. The van der Waals surface area contributed by atoms with Crippen molar-refractivity contribution in [2.45, 2.75) is 57.0 Å². The Bertz CT molecular complexity index is 329. The largest absolute Gasteiger partial charge is 0.318 e. The van der Waals surface area contributed by atoms with Gasteiger partial charge in [0.1, 0.15) is 11.0 Å². The van der Waals surface area contributed by atoms with E-state index in [9.17, 15) is 4.21 Å². The van der Waals surface area contributed by atoms with Crippen LogP contribution in [0, 0.1) is 0 Å². The molecule has 0 radical (unpaired) electrons. The number of hydrogen-bond donors (Lipinski definition) is 0. The molecule has 0 aromatic heterocycles. The third kappa shape index (κ3) is 2.21. The molecule has 0 bridgehead atoms. The fourth-order valence-electron chi connectivity index (χ4n) is 1.85. The summed E-state index contributed by atoms with van der Waals surface area (Å²) < 4.78 is 27.0. The van der Waals surface area contributed by atoms with Crippen LogP contribution >= 0.6 is 0 Å². The van der Waals surface area contributed by atoms with E-state index in [2.05, 4.69) is 4.40 Å². The lowest BCUT2D eigenvalue weighted by molar-refractivity contribution is -0.364.